The predicted molar refractivity (Wildman–Crippen MR) is 65.3 cm³/mol. The molecule has 0 saturated heterocycles. The fourth-order valence-corrected chi connectivity index (χ4v) is 1.72. The van der Waals surface area contributed by atoms with Crippen LogP contribution in [-0.2, 0) is 16.5 Å². The second kappa shape index (κ2) is 5.30. The second-order valence-electron chi connectivity index (χ2n) is 4.15. The molecule has 4 nitrogen and oxygen atoms in total. The van der Waals surface area contributed by atoms with Crippen molar-refractivity contribution < 1.29 is 9.53 Å². The van der Waals surface area contributed by atoms with E-state index in [-0.39, 0.29) is 0 Å². The van der Waals surface area contributed by atoms with Crippen LogP contribution in [0.5, 0.6) is 0 Å². The van der Waals surface area contributed by atoms with Crippen molar-refractivity contribution >= 4 is 22.0 Å². The Balaban J connectivity index is 2.68. The number of carbonyl (C=O) groups excluding carboxylic acids is 1. The van der Waals surface area contributed by atoms with Crippen molar-refractivity contribution in [2.24, 2.45) is 5.73 Å². The lowest BCUT2D eigenvalue weighted by Crippen LogP contribution is -2.33. The van der Waals surface area contributed by atoms with Crippen molar-refractivity contribution in [3.63, 3.8) is 0 Å². The molecule has 1 amide bonds. The van der Waals surface area contributed by atoms with E-state index in [9.17, 15) is 4.79 Å². The minimum Gasteiger partial charge on any atom is -0.443 e. The van der Waals surface area contributed by atoms with Crippen LogP contribution in [0.2, 0.25) is 0 Å². The summed E-state index contributed by atoms with van der Waals surface area (Å²) in [6.45, 7) is 3.61. The number of nitrogens with zero attached hydrogens (tertiary/aromatic N) is 1. The Kier molecular flexibility index (Phi) is 4.29. The van der Waals surface area contributed by atoms with Gasteiger partial charge in [-0.25, -0.2) is 4.79 Å². The van der Waals surface area contributed by atoms with Crippen LogP contribution in [0.3, 0.4) is 0 Å². The number of ether oxygens (including phenoxy) is 1. The van der Waals surface area contributed by atoms with Crippen LogP contribution in [0.1, 0.15) is 25.1 Å². The summed E-state index contributed by atoms with van der Waals surface area (Å²) in [5, 5.41) is 0.779. The first-order valence-corrected chi connectivity index (χ1v) is 6.03. The molecule has 0 aliphatic heterocycles. The number of halogens is 1. The van der Waals surface area contributed by atoms with Crippen molar-refractivity contribution in [3.05, 3.63) is 29.6 Å². The van der Waals surface area contributed by atoms with E-state index < -0.39 is 11.7 Å². The minimum atomic E-state index is -0.762. The first-order chi connectivity index (χ1) is 7.43. The molecule has 0 aliphatic rings. The Bertz CT molecular complexity index is 363. The smallest absolute Gasteiger partial charge is 0.405 e. The maximum Gasteiger partial charge on any atom is 0.405 e. The molecule has 0 unspecified atom stereocenters. The summed E-state index contributed by atoms with van der Waals surface area (Å²) in [7, 11) is 0. The Hall–Kier alpha value is -1.10. The highest BCUT2D eigenvalue weighted by atomic mass is 79.9. The number of amides is 1. The fraction of sp³-hybridized carbons (Fsp3) is 0.455. The lowest BCUT2D eigenvalue weighted by Gasteiger charge is -2.23. The van der Waals surface area contributed by atoms with Crippen molar-refractivity contribution in [2.75, 3.05) is 0 Å². The molecule has 0 aliphatic carbocycles. The topological polar surface area (TPSA) is 65.2 Å². The Morgan fingerprint density at radius 3 is 2.69 bits per heavy atom. The van der Waals surface area contributed by atoms with Crippen molar-refractivity contribution in [2.45, 2.75) is 31.2 Å². The number of aromatic nitrogens is 1. The summed E-state index contributed by atoms with van der Waals surface area (Å²) >= 11 is 3.35. The molecule has 1 aromatic rings. The lowest BCUT2D eigenvalue weighted by molar-refractivity contribution is 0.0453. The van der Waals surface area contributed by atoms with E-state index in [0.717, 1.165) is 16.6 Å². The largest absolute Gasteiger partial charge is 0.443 e. The highest BCUT2D eigenvalue weighted by Crippen LogP contribution is 2.16. The Labute approximate surface area is 103 Å². The van der Waals surface area contributed by atoms with Crippen LogP contribution >= 0.6 is 15.9 Å². The molecule has 2 N–H and O–H groups in total. The highest BCUT2D eigenvalue weighted by Gasteiger charge is 2.22. The molecule has 0 atom stereocenters. The Morgan fingerprint density at radius 2 is 2.25 bits per heavy atom. The zero-order valence-corrected chi connectivity index (χ0v) is 11.0. The summed E-state index contributed by atoms with van der Waals surface area (Å²) in [4.78, 5) is 15.0. The molecule has 1 aromatic heterocycles. The van der Waals surface area contributed by atoms with Crippen molar-refractivity contribution in [1.82, 2.24) is 4.98 Å². The third kappa shape index (κ3) is 4.18. The quantitative estimate of drug-likeness (QED) is 0.865. The van der Waals surface area contributed by atoms with E-state index in [1.165, 1.54) is 0 Å². The van der Waals surface area contributed by atoms with Gasteiger partial charge in [0.2, 0.25) is 0 Å². The van der Waals surface area contributed by atoms with Gasteiger partial charge in [-0.05, 0) is 25.5 Å². The van der Waals surface area contributed by atoms with E-state index in [0.29, 0.717) is 6.42 Å². The molecule has 0 spiro atoms. The monoisotopic (exact) mass is 286 g/mol. The molecule has 0 bridgehead atoms. The second-order valence-corrected chi connectivity index (χ2v) is 4.71. The average molecular weight is 287 g/mol. The molecule has 0 aromatic carbocycles. The maximum atomic E-state index is 10.7. The third-order valence-corrected chi connectivity index (χ3v) is 2.67. The van der Waals surface area contributed by atoms with Crippen LogP contribution in [-0.4, -0.2) is 16.7 Å². The number of hydrogen-bond acceptors (Lipinski definition) is 3. The van der Waals surface area contributed by atoms with Gasteiger partial charge in [0, 0.05) is 23.6 Å². The van der Waals surface area contributed by atoms with Gasteiger partial charge in [0.15, 0.2) is 0 Å². The zero-order chi connectivity index (χ0) is 12.2. The minimum absolute atomic E-state index is 0.540. The first-order valence-electron chi connectivity index (χ1n) is 4.91. The summed E-state index contributed by atoms with van der Waals surface area (Å²) in [6, 6.07) is 3.90. The molecular weight excluding hydrogens is 272 g/mol. The highest BCUT2D eigenvalue weighted by molar-refractivity contribution is 9.08. The van der Waals surface area contributed by atoms with Gasteiger partial charge in [-0.1, -0.05) is 22.0 Å². The normalized spacial score (nSPS) is 11.2. The lowest BCUT2D eigenvalue weighted by atomic mass is 10.0. The average Bonchev–Trinajstić information content (AvgIpc) is 2.16. The molecule has 0 fully saturated rings. The number of alkyl halides is 1. The van der Waals surface area contributed by atoms with Crippen LogP contribution in [0.15, 0.2) is 18.3 Å². The van der Waals surface area contributed by atoms with Gasteiger partial charge < -0.3 is 10.5 Å². The number of carbonyl (C=O) groups is 1. The standard InChI is InChI=1S/C11H15BrN2O2/c1-11(2,16-10(13)15)5-9-4-3-8(6-12)7-14-9/h3-4,7H,5-6H2,1-2H3,(H2,13,15). The number of rotatable bonds is 4. The van der Waals surface area contributed by atoms with Crippen LogP contribution < -0.4 is 5.73 Å². The number of primary amides is 1. The number of hydrogen-bond donors (Lipinski definition) is 1. The fourth-order valence-electron chi connectivity index (χ4n) is 1.38. The molecule has 0 radical (unpaired) electrons. The molecule has 5 heteroatoms. The summed E-state index contributed by atoms with van der Waals surface area (Å²) in [5.74, 6) is 0. The maximum absolute atomic E-state index is 10.7. The van der Waals surface area contributed by atoms with Crippen LogP contribution in [0.4, 0.5) is 4.79 Å². The van der Waals surface area contributed by atoms with Gasteiger partial charge in [-0.2, -0.15) is 0 Å². The molecule has 1 rings (SSSR count). The van der Waals surface area contributed by atoms with Gasteiger partial charge in [0.25, 0.3) is 0 Å². The Morgan fingerprint density at radius 1 is 1.56 bits per heavy atom. The first kappa shape index (κ1) is 13.0. The van der Waals surface area contributed by atoms with E-state index in [4.69, 9.17) is 10.5 Å². The van der Waals surface area contributed by atoms with Crippen molar-refractivity contribution in [1.29, 1.82) is 0 Å². The van der Waals surface area contributed by atoms with Crippen LogP contribution in [0, 0.1) is 0 Å². The van der Waals surface area contributed by atoms with Gasteiger partial charge in [-0.3, -0.25) is 4.98 Å². The van der Waals surface area contributed by atoms with Crippen LogP contribution in [0.25, 0.3) is 0 Å². The van der Waals surface area contributed by atoms with E-state index in [1.54, 1.807) is 20.0 Å². The molecule has 88 valence electrons. The van der Waals surface area contributed by atoms with Crippen molar-refractivity contribution in [3.8, 4) is 0 Å². The molecule has 1 heterocycles. The SMILES string of the molecule is CC(C)(Cc1ccc(CBr)cn1)OC(N)=O. The third-order valence-electron chi connectivity index (χ3n) is 2.02. The summed E-state index contributed by atoms with van der Waals surface area (Å²) in [6.07, 6.45) is 1.57. The van der Waals surface area contributed by atoms with Gasteiger partial charge >= 0.3 is 6.09 Å². The van der Waals surface area contributed by atoms with Gasteiger partial charge in [-0.15, -0.1) is 0 Å². The molecule has 16 heavy (non-hydrogen) atoms. The summed E-state index contributed by atoms with van der Waals surface area (Å²) in [5.41, 5.74) is 6.34. The van der Waals surface area contributed by atoms with E-state index in [2.05, 4.69) is 20.9 Å². The van der Waals surface area contributed by atoms with Gasteiger partial charge in [0.05, 0.1) is 0 Å². The number of pyridine rings is 1. The zero-order valence-electron chi connectivity index (χ0n) is 9.37. The number of nitrogens with two attached hydrogens (primary N) is 1. The predicted octanol–water partition coefficient (Wildman–Crippen LogP) is 2.39. The van der Waals surface area contributed by atoms with E-state index in [1.807, 2.05) is 12.1 Å². The van der Waals surface area contributed by atoms with Gasteiger partial charge in [0.1, 0.15) is 5.60 Å². The molecular formula is C11H15BrN2O2. The molecule has 0 saturated carbocycles. The summed E-state index contributed by atoms with van der Waals surface area (Å²) < 4.78 is 4.99. The van der Waals surface area contributed by atoms with E-state index >= 15 is 0 Å².